The first-order valence-electron chi connectivity index (χ1n) is 7.34. The van der Waals surface area contributed by atoms with Crippen molar-refractivity contribution in [1.29, 1.82) is 0 Å². The number of hydrogen-bond acceptors (Lipinski definition) is 4. The quantitative estimate of drug-likeness (QED) is 0.880. The van der Waals surface area contributed by atoms with Crippen LogP contribution in [0.25, 0.3) is 0 Å². The van der Waals surface area contributed by atoms with E-state index >= 15 is 0 Å². The summed E-state index contributed by atoms with van der Waals surface area (Å²) >= 11 is 0. The molecule has 1 aromatic carbocycles. The van der Waals surface area contributed by atoms with Gasteiger partial charge >= 0.3 is 5.97 Å². The Morgan fingerprint density at radius 1 is 1.13 bits per heavy atom. The molecule has 0 saturated heterocycles. The van der Waals surface area contributed by atoms with Crippen molar-refractivity contribution < 1.29 is 14.3 Å². The second-order valence-electron chi connectivity index (χ2n) is 6.19. The van der Waals surface area contributed by atoms with E-state index in [2.05, 4.69) is 31.1 Å². The van der Waals surface area contributed by atoms with Crippen LogP contribution in [0.5, 0.6) is 0 Å². The van der Waals surface area contributed by atoms with Gasteiger partial charge in [-0.15, -0.1) is 0 Å². The van der Waals surface area contributed by atoms with Crippen LogP contribution in [0.4, 0.5) is 5.69 Å². The number of esters is 1. The Morgan fingerprint density at radius 3 is 2.39 bits per heavy atom. The SMILES string of the molecule is CC(C)(C)c1ccc(NC(=O)COC(=O)c2cccnc2)cc1. The Morgan fingerprint density at radius 2 is 1.83 bits per heavy atom. The molecule has 0 aliphatic rings. The van der Waals surface area contributed by atoms with Gasteiger partial charge in [0.15, 0.2) is 6.61 Å². The van der Waals surface area contributed by atoms with Gasteiger partial charge in [0, 0.05) is 18.1 Å². The van der Waals surface area contributed by atoms with Crippen LogP contribution in [0.1, 0.15) is 36.7 Å². The number of amides is 1. The van der Waals surface area contributed by atoms with E-state index in [0.29, 0.717) is 11.3 Å². The van der Waals surface area contributed by atoms with Crippen molar-refractivity contribution in [2.24, 2.45) is 0 Å². The van der Waals surface area contributed by atoms with E-state index in [1.54, 1.807) is 18.3 Å². The van der Waals surface area contributed by atoms with Gasteiger partial charge in [0.2, 0.25) is 0 Å². The number of nitrogens with one attached hydrogen (secondary N) is 1. The normalized spacial score (nSPS) is 10.9. The molecular formula is C18H20N2O3. The highest BCUT2D eigenvalue weighted by Gasteiger charge is 2.14. The first-order valence-corrected chi connectivity index (χ1v) is 7.34. The topological polar surface area (TPSA) is 68.3 Å². The van der Waals surface area contributed by atoms with Gasteiger partial charge in [-0.1, -0.05) is 32.9 Å². The summed E-state index contributed by atoms with van der Waals surface area (Å²) in [5, 5.41) is 2.70. The van der Waals surface area contributed by atoms with Crippen LogP contribution in [0, 0.1) is 0 Å². The van der Waals surface area contributed by atoms with Gasteiger partial charge in [-0.3, -0.25) is 9.78 Å². The Hall–Kier alpha value is -2.69. The lowest BCUT2D eigenvalue weighted by Gasteiger charge is -2.19. The molecule has 2 rings (SSSR count). The third-order valence-electron chi connectivity index (χ3n) is 3.27. The highest BCUT2D eigenvalue weighted by molar-refractivity contribution is 5.95. The number of benzene rings is 1. The minimum Gasteiger partial charge on any atom is -0.452 e. The van der Waals surface area contributed by atoms with Gasteiger partial charge in [0.05, 0.1) is 5.56 Å². The maximum Gasteiger partial charge on any atom is 0.340 e. The van der Waals surface area contributed by atoms with E-state index in [1.165, 1.54) is 11.8 Å². The number of aromatic nitrogens is 1. The summed E-state index contributed by atoms with van der Waals surface area (Å²) in [7, 11) is 0. The standard InChI is InChI=1S/C18H20N2O3/c1-18(2,3)14-6-8-15(9-7-14)20-16(21)12-23-17(22)13-5-4-10-19-11-13/h4-11H,12H2,1-3H3,(H,20,21). The number of carbonyl (C=O) groups excluding carboxylic acids is 2. The zero-order chi connectivity index (χ0) is 16.9. The summed E-state index contributed by atoms with van der Waals surface area (Å²) in [6.07, 6.45) is 2.95. The molecule has 0 aliphatic heterocycles. The van der Waals surface area contributed by atoms with E-state index < -0.39 is 5.97 Å². The minimum absolute atomic E-state index is 0.0573. The van der Waals surface area contributed by atoms with Crippen LogP contribution in [0.15, 0.2) is 48.8 Å². The van der Waals surface area contributed by atoms with Crippen LogP contribution in [0.2, 0.25) is 0 Å². The maximum absolute atomic E-state index is 11.8. The molecule has 0 radical (unpaired) electrons. The summed E-state index contributed by atoms with van der Waals surface area (Å²) in [6.45, 7) is 6.03. The van der Waals surface area contributed by atoms with Gasteiger partial charge in [-0.25, -0.2) is 4.79 Å². The van der Waals surface area contributed by atoms with Crippen molar-refractivity contribution in [3.05, 3.63) is 59.9 Å². The average Bonchev–Trinajstić information content (AvgIpc) is 2.53. The highest BCUT2D eigenvalue weighted by atomic mass is 16.5. The molecule has 5 nitrogen and oxygen atoms in total. The number of anilines is 1. The monoisotopic (exact) mass is 312 g/mol. The van der Waals surface area contributed by atoms with E-state index in [9.17, 15) is 9.59 Å². The number of pyridine rings is 1. The lowest BCUT2D eigenvalue weighted by molar-refractivity contribution is -0.119. The fraction of sp³-hybridized carbons (Fsp3) is 0.278. The third-order valence-corrected chi connectivity index (χ3v) is 3.27. The summed E-state index contributed by atoms with van der Waals surface area (Å²) in [5.41, 5.74) is 2.22. The largest absolute Gasteiger partial charge is 0.452 e. The van der Waals surface area contributed by atoms with Crippen LogP contribution < -0.4 is 5.32 Å². The van der Waals surface area contributed by atoms with Gasteiger partial charge in [-0.05, 0) is 35.2 Å². The van der Waals surface area contributed by atoms with Crippen LogP contribution in [-0.2, 0) is 14.9 Å². The van der Waals surface area contributed by atoms with E-state index in [-0.39, 0.29) is 17.9 Å². The number of carbonyl (C=O) groups is 2. The number of ether oxygens (including phenoxy) is 1. The third kappa shape index (κ3) is 4.92. The molecule has 0 unspecified atom stereocenters. The van der Waals surface area contributed by atoms with Crippen LogP contribution >= 0.6 is 0 Å². The van der Waals surface area contributed by atoms with Gasteiger partial charge in [0.25, 0.3) is 5.91 Å². The molecule has 0 bridgehead atoms. The van der Waals surface area contributed by atoms with E-state index in [1.807, 2.05) is 24.3 Å². The van der Waals surface area contributed by atoms with E-state index in [4.69, 9.17) is 4.74 Å². The van der Waals surface area contributed by atoms with Gasteiger partial charge in [0.1, 0.15) is 0 Å². The number of hydrogen-bond donors (Lipinski definition) is 1. The fourth-order valence-electron chi connectivity index (χ4n) is 1.95. The summed E-state index contributed by atoms with van der Waals surface area (Å²) < 4.78 is 4.95. The Labute approximate surface area is 135 Å². The van der Waals surface area contributed by atoms with Crippen LogP contribution in [0.3, 0.4) is 0 Å². The predicted octanol–water partition coefficient (Wildman–Crippen LogP) is 3.17. The molecular weight excluding hydrogens is 292 g/mol. The Balaban J connectivity index is 1.86. The first-order chi connectivity index (χ1) is 10.9. The van der Waals surface area contributed by atoms with Gasteiger partial charge in [-0.2, -0.15) is 0 Å². The summed E-state index contributed by atoms with van der Waals surface area (Å²) in [4.78, 5) is 27.4. The molecule has 0 saturated carbocycles. The Bertz CT molecular complexity index is 674. The average molecular weight is 312 g/mol. The Kier molecular flexibility index (Phi) is 5.11. The molecule has 23 heavy (non-hydrogen) atoms. The van der Waals surface area contributed by atoms with Crippen molar-refractivity contribution in [3.8, 4) is 0 Å². The molecule has 1 heterocycles. The molecule has 0 spiro atoms. The molecule has 0 fully saturated rings. The van der Waals surface area contributed by atoms with Crippen molar-refractivity contribution in [3.63, 3.8) is 0 Å². The van der Waals surface area contributed by atoms with Crippen LogP contribution in [-0.4, -0.2) is 23.5 Å². The number of nitrogens with zero attached hydrogens (tertiary/aromatic N) is 1. The zero-order valence-electron chi connectivity index (χ0n) is 13.5. The summed E-state index contributed by atoms with van der Waals surface area (Å²) in [5.74, 6) is -0.956. The second-order valence-corrected chi connectivity index (χ2v) is 6.19. The van der Waals surface area contributed by atoms with E-state index in [0.717, 1.165) is 0 Å². The molecule has 5 heteroatoms. The maximum atomic E-state index is 11.8. The second kappa shape index (κ2) is 7.05. The molecule has 1 N–H and O–H groups in total. The molecule has 1 amide bonds. The highest BCUT2D eigenvalue weighted by Crippen LogP contribution is 2.23. The minimum atomic E-state index is -0.573. The number of rotatable bonds is 4. The van der Waals surface area contributed by atoms with Gasteiger partial charge < -0.3 is 10.1 Å². The molecule has 0 atom stereocenters. The molecule has 120 valence electrons. The molecule has 2 aromatic rings. The van der Waals surface area contributed by atoms with Crippen molar-refractivity contribution in [2.45, 2.75) is 26.2 Å². The summed E-state index contributed by atoms with van der Waals surface area (Å²) in [6, 6.07) is 10.8. The lowest BCUT2D eigenvalue weighted by Crippen LogP contribution is -2.21. The zero-order valence-corrected chi connectivity index (χ0v) is 13.5. The lowest BCUT2D eigenvalue weighted by atomic mass is 9.87. The fourth-order valence-corrected chi connectivity index (χ4v) is 1.95. The smallest absolute Gasteiger partial charge is 0.340 e. The molecule has 1 aromatic heterocycles. The van der Waals surface area contributed by atoms with Crippen molar-refractivity contribution in [2.75, 3.05) is 11.9 Å². The molecule has 0 aliphatic carbocycles. The van der Waals surface area contributed by atoms with Crippen molar-refractivity contribution >= 4 is 17.6 Å². The van der Waals surface area contributed by atoms with Crippen molar-refractivity contribution in [1.82, 2.24) is 4.98 Å². The predicted molar refractivity (Wildman–Crippen MR) is 88.3 cm³/mol. The first kappa shape index (κ1) is 16.7.